The molecule has 19 heavy (non-hydrogen) atoms. The van der Waals surface area contributed by atoms with E-state index in [4.69, 9.17) is 9.72 Å². The van der Waals surface area contributed by atoms with Crippen LogP contribution in [0.15, 0.2) is 24.3 Å². The Balaban J connectivity index is 1.97. The fraction of sp³-hybridized carbons (Fsp3) is 0.429. The Morgan fingerprint density at radius 2 is 2.05 bits per heavy atom. The molecule has 1 aliphatic rings. The fourth-order valence-corrected chi connectivity index (χ4v) is 2.40. The molecule has 1 atom stereocenters. The van der Waals surface area contributed by atoms with Crippen molar-refractivity contribution in [1.29, 1.82) is 0 Å². The highest BCUT2D eigenvalue weighted by atomic mass is 16.5. The van der Waals surface area contributed by atoms with Crippen molar-refractivity contribution >= 4 is 16.9 Å². The van der Waals surface area contributed by atoms with E-state index >= 15 is 0 Å². The van der Waals surface area contributed by atoms with Gasteiger partial charge in [0.2, 0.25) is 0 Å². The van der Waals surface area contributed by atoms with Crippen molar-refractivity contribution in [3.05, 3.63) is 30.0 Å². The quantitative estimate of drug-likeness (QED) is 0.876. The molecule has 2 aromatic rings. The lowest BCUT2D eigenvalue weighted by Crippen LogP contribution is -2.44. The SMILES string of the molecule is Cc1nc2ccccc2nc1N1CCOC(CO)C1. The second-order valence-electron chi connectivity index (χ2n) is 4.74. The maximum absolute atomic E-state index is 9.21. The highest BCUT2D eigenvalue weighted by Gasteiger charge is 2.22. The number of aliphatic hydroxyl groups excluding tert-OH is 1. The van der Waals surface area contributed by atoms with E-state index in [9.17, 15) is 5.11 Å². The second-order valence-corrected chi connectivity index (χ2v) is 4.74. The van der Waals surface area contributed by atoms with E-state index < -0.39 is 0 Å². The average molecular weight is 259 g/mol. The number of aromatic nitrogens is 2. The largest absolute Gasteiger partial charge is 0.394 e. The number of para-hydroxylation sites is 2. The van der Waals surface area contributed by atoms with Crippen LogP contribution < -0.4 is 4.90 Å². The summed E-state index contributed by atoms with van der Waals surface area (Å²) in [4.78, 5) is 11.4. The molecule has 1 aliphatic heterocycles. The number of hydrogen-bond acceptors (Lipinski definition) is 5. The number of ether oxygens (including phenoxy) is 1. The maximum Gasteiger partial charge on any atom is 0.150 e. The maximum atomic E-state index is 9.21. The van der Waals surface area contributed by atoms with Crippen molar-refractivity contribution in [3.63, 3.8) is 0 Å². The minimum atomic E-state index is -0.138. The van der Waals surface area contributed by atoms with Crippen molar-refractivity contribution < 1.29 is 9.84 Å². The van der Waals surface area contributed by atoms with E-state index in [1.807, 2.05) is 31.2 Å². The van der Waals surface area contributed by atoms with Gasteiger partial charge in [-0.1, -0.05) is 12.1 Å². The predicted octanol–water partition coefficient (Wildman–Crippen LogP) is 1.14. The molecule has 1 fully saturated rings. The molecule has 100 valence electrons. The molecule has 5 nitrogen and oxygen atoms in total. The predicted molar refractivity (Wildman–Crippen MR) is 73.3 cm³/mol. The van der Waals surface area contributed by atoms with Gasteiger partial charge in [0.1, 0.15) is 0 Å². The summed E-state index contributed by atoms with van der Waals surface area (Å²) in [6.45, 7) is 4.06. The van der Waals surface area contributed by atoms with E-state index in [0.29, 0.717) is 13.2 Å². The number of hydrogen-bond donors (Lipinski definition) is 1. The number of nitrogens with zero attached hydrogens (tertiary/aromatic N) is 3. The van der Waals surface area contributed by atoms with Crippen LogP contribution in [-0.4, -0.2) is 47.5 Å². The van der Waals surface area contributed by atoms with Crippen LogP contribution in [0.1, 0.15) is 5.69 Å². The second kappa shape index (κ2) is 5.11. The first-order valence-electron chi connectivity index (χ1n) is 6.48. The minimum absolute atomic E-state index is 0.0383. The zero-order chi connectivity index (χ0) is 13.2. The van der Waals surface area contributed by atoms with Crippen molar-refractivity contribution in [2.24, 2.45) is 0 Å². The van der Waals surface area contributed by atoms with Gasteiger partial charge in [-0.2, -0.15) is 0 Å². The minimum Gasteiger partial charge on any atom is -0.394 e. The van der Waals surface area contributed by atoms with Gasteiger partial charge in [-0.05, 0) is 19.1 Å². The Morgan fingerprint density at radius 1 is 1.32 bits per heavy atom. The Hall–Kier alpha value is -1.72. The Labute approximate surface area is 111 Å². The lowest BCUT2D eigenvalue weighted by molar-refractivity contribution is 0.00333. The average Bonchev–Trinajstić information content (AvgIpc) is 2.46. The molecule has 0 bridgehead atoms. The van der Waals surface area contributed by atoms with Crippen molar-refractivity contribution in [3.8, 4) is 0 Å². The van der Waals surface area contributed by atoms with Crippen molar-refractivity contribution in [2.45, 2.75) is 13.0 Å². The number of aliphatic hydroxyl groups is 1. The summed E-state index contributed by atoms with van der Waals surface area (Å²) >= 11 is 0. The third-order valence-corrected chi connectivity index (χ3v) is 3.36. The molecule has 2 heterocycles. The molecule has 1 aromatic heterocycles. The van der Waals surface area contributed by atoms with Crippen molar-refractivity contribution in [1.82, 2.24) is 9.97 Å². The lowest BCUT2D eigenvalue weighted by atomic mass is 10.2. The van der Waals surface area contributed by atoms with Crippen molar-refractivity contribution in [2.75, 3.05) is 31.2 Å². The molecule has 0 spiro atoms. The molecule has 0 amide bonds. The lowest BCUT2D eigenvalue weighted by Gasteiger charge is -2.33. The summed E-state index contributed by atoms with van der Waals surface area (Å²) < 4.78 is 5.47. The zero-order valence-corrected chi connectivity index (χ0v) is 10.9. The number of anilines is 1. The van der Waals surface area contributed by atoms with Crippen LogP contribution in [0.2, 0.25) is 0 Å². The zero-order valence-electron chi connectivity index (χ0n) is 10.9. The topological polar surface area (TPSA) is 58.5 Å². The molecule has 1 N–H and O–H groups in total. The first-order valence-corrected chi connectivity index (χ1v) is 6.48. The normalized spacial score (nSPS) is 19.9. The summed E-state index contributed by atoms with van der Waals surface area (Å²) in [5.74, 6) is 0.889. The Bertz CT molecular complexity index is 588. The van der Waals surface area contributed by atoms with Crippen LogP contribution in [0.3, 0.4) is 0 Å². The highest BCUT2D eigenvalue weighted by Crippen LogP contribution is 2.21. The summed E-state index contributed by atoms with van der Waals surface area (Å²) in [5.41, 5.74) is 2.73. The first kappa shape index (κ1) is 12.3. The molecule has 0 saturated carbocycles. The number of rotatable bonds is 2. The molecule has 3 rings (SSSR count). The third kappa shape index (κ3) is 2.39. The van der Waals surface area contributed by atoms with Gasteiger partial charge in [-0.3, -0.25) is 0 Å². The van der Waals surface area contributed by atoms with Gasteiger partial charge in [0, 0.05) is 13.1 Å². The molecule has 1 aromatic carbocycles. The monoisotopic (exact) mass is 259 g/mol. The number of aryl methyl sites for hydroxylation is 1. The van der Waals surface area contributed by atoms with Crippen LogP contribution in [0.4, 0.5) is 5.82 Å². The van der Waals surface area contributed by atoms with E-state index in [1.54, 1.807) is 0 Å². The molecule has 1 saturated heterocycles. The Kier molecular flexibility index (Phi) is 3.31. The van der Waals surface area contributed by atoms with Gasteiger partial charge in [0.05, 0.1) is 36.0 Å². The number of fused-ring (bicyclic) bond motifs is 1. The molecular weight excluding hydrogens is 242 g/mol. The van der Waals surface area contributed by atoms with Crippen LogP contribution >= 0.6 is 0 Å². The van der Waals surface area contributed by atoms with Crippen LogP contribution in [0.25, 0.3) is 11.0 Å². The molecule has 5 heteroatoms. The van der Waals surface area contributed by atoms with Gasteiger partial charge < -0.3 is 14.7 Å². The van der Waals surface area contributed by atoms with Crippen LogP contribution in [0.5, 0.6) is 0 Å². The molecular formula is C14H17N3O2. The van der Waals surface area contributed by atoms with E-state index in [0.717, 1.165) is 29.1 Å². The van der Waals surface area contributed by atoms with Crippen LogP contribution in [0, 0.1) is 6.92 Å². The van der Waals surface area contributed by atoms with E-state index in [-0.39, 0.29) is 12.7 Å². The molecule has 0 aliphatic carbocycles. The number of morpholine rings is 1. The van der Waals surface area contributed by atoms with Gasteiger partial charge >= 0.3 is 0 Å². The molecule has 0 radical (unpaired) electrons. The smallest absolute Gasteiger partial charge is 0.150 e. The summed E-state index contributed by atoms with van der Waals surface area (Å²) in [7, 11) is 0. The standard InChI is InChI=1S/C14H17N3O2/c1-10-14(17-6-7-19-11(8-17)9-18)16-13-5-3-2-4-12(13)15-10/h2-5,11,18H,6-9H2,1H3. The summed E-state index contributed by atoms with van der Waals surface area (Å²) in [6, 6.07) is 7.86. The van der Waals surface area contributed by atoms with E-state index in [2.05, 4.69) is 9.88 Å². The van der Waals surface area contributed by atoms with Gasteiger partial charge in [0.15, 0.2) is 5.82 Å². The van der Waals surface area contributed by atoms with Gasteiger partial charge in [-0.25, -0.2) is 9.97 Å². The number of benzene rings is 1. The Morgan fingerprint density at radius 3 is 2.79 bits per heavy atom. The van der Waals surface area contributed by atoms with Gasteiger partial charge in [-0.15, -0.1) is 0 Å². The summed E-state index contributed by atoms with van der Waals surface area (Å²) in [5, 5.41) is 9.21. The first-order chi connectivity index (χ1) is 9.28. The third-order valence-electron chi connectivity index (χ3n) is 3.36. The van der Waals surface area contributed by atoms with Gasteiger partial charge in [0.25, 0.3) is 0 Å². The fourth-order valence-electron chi connectivity index (χ4n) is 2.40. The van der Waals surface area contributed by atoms with E-state index in [1.165, 1.54) is 0 Å². The van der Waals surface area contributed by atoms with Crippen LogP contribution in [-0.2, 0) is 4.74 Å². The highest BCUT2D eigenvalue weighted by molar-refractivity contribution is 5.76. The molecule has 1 unspecified atom stereocenters. The summed E-state index contributed by atoms with van der Waals surface area (Å²) in [6.07, 6.45) is -0.138.